The van der Waals surface area contributed by atoms with Crippen LogP contribution < -0.4 is 5.32 Å². The van der Waals surface area contributed by atoms with Crippen LogP contribution in [-0.4, -0.2) is 17.0 Å². The molecule has 1 aliphatic rings. The molecule has 1 aromatic carbocycles. The zero-order valence-corrected chi connectivity index (χ0v) is 12.6. The van der Waals surface area contributed by atoms with E-state index < -0.39 is 17.8 Å². The summed E-state index contributed by atoms with van der Waals surface area (Å²) in [7, 11) is 0. The van der Waals surface area contributed by atoms with Crippen LogP contribution in [0.25, 0.3) is 0 Å². The van der Waals surface area contributed by atoms with Crippen LogP contribution in [-0.2, 0) is 9.59 Å². The molecule has 1 aromatic rings. The largest absolute Gasteiger partial charge is 0.479 e. The van der Waals surface area contributed by atoms with Crippen molar-refractivity contribution in [2.75, 3.05) is 0 Å². The summed E-state index contributed by atoms with van der Waals surface area (Å²) in [5.41, 5.74) is 0.106. The van der Waals surface area contributed by atoms with Gasteiger partial charge < -0.3 is 10.4 Å². The minimum atomic E-state index is -1.27. The summed E-state index contributed by atoms with van der Waals surface area (Å²) >= 11 is 5.58. The van der Waals surface area contributed by atoms with E-state index in [1.54, 1.807) is 0 Å². The maximum atomic E-state index is 13.5. The van der Waals surface area contributed by atoms with Crippen molar-refractivity contribution in [3.05, 3.63) is 34.6 Å². The number of hydrogen-bond donors (Lipinski definition) is 2. The minimum Gasteiger partial charge on any atom is -0.479 e. The highest BCUT2D eigenvalue weighted by molar-refractivity contribution is 6.30. The lowest BCUT2D eigenvalue weighted by Crippen LogP contribution is -2.35. The SMILES string of the molecule is CCC1(C)CC1C(=O)NC(C(=O)O)c1ccc(Cl)c(F)c1. The van der Waals surface area contributed by atoms with Crippen molar-refractivity contribution in [1.29, 1.82) is 0 Å². The van der Waals surface area contributed by atoms with Crippen LogP contribution >= 0.6 is 11.6 Å². The van der Waals surface area contributed by atoms with Gasteiger partial charge in [0.1, 0.15) is 5.82 Å². The smallest absolute Gasteiger partial charge is 0.330 e. The molecule has 0 heterocycles. The number of aliphatic carboxylic acids is 1. The van der Waals surface area contributed by atoms with Crippen molar-refractivity contribution in [2.45, 2.75) is 32.7 Å². The summed E-state index contributed by atoms with van der Waals surface area (Å²) in [4.78, 5) is 23.5. The van der Waals surface area contributed by atoms with Gasteiger partial charge in [-0.1, -0.05) is 31.5 Å². The molecule has 6 heteroatoms. The van der Waals surface area contributed by atoms with E-state index in [0.717, 1.165) is 18.9 Å². The molecule has 0 aromatic heterocycles. The van der Waals surface area contributed by atoms with E-state index in [0.29, 0.717) is 0 Å². The lowest BCUT2D eigenvalue weighted by molar-refractivity contribution is -0.142. The van der Waals surface area contributed by atoms with Crippen molar-refractivity contribution in [3.8, 4) is 0 Å². The highest BCUT2D eigenvalue weighted by atomic mass is 35.5. The number of carbonyl (C=O) groups is 2. The number of carboxylic acids is 1. The summed E-state index contributed by atoms with van der Waals surface area (Å²) in [6.45, 7) is 3.99. The van der Waals surface area contributed by atoms with Gasteiger partial charge >= 0.3 is 5.97 Å². The second kappa shape index (κ2) is 5.64. The molecule has 4 nitrogen and oxygen atoms in total. The Kier molecular flexibility index (Phi) is 4.23. The van der Waals surface area contributed by atoms with Gasteiger partial charge in [0, 0.05) is 5.92 Å². The van der Waals surface area contributed by atoms with E-state index in [1.165, 1.54) is 12.1 Å². The fourth-order valence-electron chi connectivity index (χ4n) is 2.43. The molecule has 0 bridgehead atoms. The molecule has 3 unspecified atom stereocenters. The van der Waals surface area contributed by atoms with Crippen LogP contribution in [0, 0.1) is 17.2 Å². The summed E-state index contributed by atoms with van der Waals surface area (Å²) in [6, 6.07) is 2.44. The maximum Gasteiger partial charge on any atom is 0.330 e. The van der Waals surface area contributed by atoms with E-state index in [9.17, 15) is 19.1 Å². The van der Waals surface area contributed by atoms with Gasteiger partial charge in [0.25, 0.3) is 0 Å². The second-order valence-electron chi connectivity index (χ2n) is 5.72. The summed E-state index contributed by atoms with van der Waals surface area (Å²) < 4.78 is 13.5. The molecule has 3 atom stereocenters. The highest BCUT2D eigenvalue weighted by Gasteiger charge is 2.53. The molecule has 1 aliphatic carbocycles. The number of rotatable bonds is 5. The number of halogens is 2. The second-order valence-corrected chi connectivity index (χ2v) is 6.12. The fourth-order valence-corrected chi connectivity index (χ4v) is 2.55. The summed E-state index contributed by atoms with van der Waals surface area (Å²) in [5, 5.41) is 11.6. The van der Waals surface area contributed by atoms with Crippen LogP contribution in [0.3, 0.4) is 0 Å². The van der Waals surface area contributed by atoms with Crippen molar-refractivity contribution >= 4 is 23.5 Å². The third-order valence-corrected chi connectivity index (χ3v) is 4.59. The molecule has 0 radical (unpaired) electrons. The number of amides is 1. The fraction of sp³-hybridized carbons (Fsp3) is 0.467. The van der Waals surface area contributed by atoms with Gasteiger partial charge in [0.2, 0.25) is 5.91 Å². The van der Waals surface area contributed by atoms with Crippen molar-refractivity contribution in [1.82, 2.24) is 5.32 Å². The molecule has 114 valence electrons. The van der Waals surface area contributed by atoms with Crippen LogP contribution in [0.15, 0.2) is 18.2 Å². The van der Waals surface area contributed by atoms with E-state index in [-0.39, 0.29) is 27.8 Å². The maximum absolute atomic E-state index is 13.5. The number of carbonyl (C=O) groups excluding carboxylic acids is 1. The molecule has 0 saturated heterocycles. The van der Waals surface area contributed by atoms with Gasteiger partial charge in [-0.15, -0.1) is 0 Å². The molecule has 0 aliphatic heterocycles. The molecule has 1 fully saturated rings. The Morgan fingerprint density at radius 2 is 2.24 bits per heavy atom. The van der Waals surface area contributed by atoms with Gasteiger partial charge in [0.05, 0.1) is 5.02 Å². The van der Waals surface area contributed by atoms with E-state index in [1.807, 2.05) is 13.8 Å². The molecule has 2 rings (SSSR count). The normalized spacial score (nSPS) is 25.2. The monoisotopic (exact) mass is 313 g/mol. The molecular weight excluding hydrogens is 297 g/mol. The Bertz CT molecular complexity index is 592. The lowest BCUT2D eigenvalue weighted by Gasteiger charge is -2.16. The Morgan fingerprint density at radius 1 is 1.57 bits per heavy atom. The van der Waals surface area contributed by atoms with E-state index in [2.05, 4.69) is 5.32 Å². The Labute approximate surface area is 127 Å². The lowest BCUT2D eigenvalue weighted by atomic mass is 10.0. The number of carboxylic acid groups (broad SMARTS) is 1. The van der Waals surface area contributed by atoms with E-state index >= 15 is 0 Å². The van der Waals surface area contributed by atoms with Gasteiger partial charge in [-0.05, 0) is 36.0 Å². The molecule has 2 N–H and O–H groups in total. The molecule has 1 amide bonds. The summed E-state index contributed by atoms with van der Waals surface area (Å²) in [5.74, 6) is -2.42. The molecular formula is C15H17ClFNO3. The number of hydrogen-bond acceptors (Lipinski definition) is 2. The molecule has 21 heavy (non-hydrogen) atoms. The zero-order chi connectivity index (χ0) is 15.8. The van der Waals surface area contributed by atoms with E-state index in [4.69, 9.17) is 11.6 Å². The van der Waals surface area contributed by atoms with Gasteiger partial charge in [-0.2, -0.15) is 0 Å². The van der Waals surface area contributed by atoms with Gasteiger partial charge in [0.15, 0.2) is 6.04 Å². The van der Waals surface area contributed by atoms with Crippen molar-refractivity contribution < 1.29 is 19.1 Å². The highest BCUT2D eigenvalue weighted by Crippen LogP contribution is 2.54. The third kappa shape index (κ3) is 3.18. The van der Waals surface area contributed by atoms with Crippen LogP contribution in [0.1, 0.15) is 38.3 Å². The zero-order valence-electron chi connectivity index (χ0n) is 11.8. The Morgan fingerprint density at radius 3 is 2.71 bits per heavy atom. The Balaban J connectivity index is 2.15. The number of nitrogens with one attached hydrogen (secondary N) is 1. The predicted octanol–water partition coefficient (Wildman–Crippen LogP) is 3.16. The number of benzene rings is 1. The first-order valence-electron chi connectivity index (χ1n) is 6.76. The molecule has 0 spiro atoms. The predicted molar refractivity (Wildman–Crippen MR) is 76.4 cm³/mol. The van der Waals surface area contributed by atoms with Crippen LogP contribution in [0.5, 0.6) is 0 Å². The van der Waals surface area contributed by atoms with Gasteiger partial charge in [-0.25, -0.2) is 9.18 Å². The third-order valence-electron chi connectivity index (χ3n) is 4.29. The van der Waals surface area contributed by atoms with Crippen LogP contribution in [0.2, 0.25) is 5.02 Å². The minimum absolute atomic E-state index is 0.0572. The first-order chi connectivity index (χ1) is 9.78. The van der Waals surface area contributed by atoms with Crippen molar-refractivity contribution in [3.63, 3.8) is 0 Å². The van der Waals surface area contributed by atoms with Gasteiger partial charge in [-0.3, -0.25) is 4.79 Å². The molecule has 1 saturated carbocycles. The standard InChI is InChI=1S/C15H17ClFNO3/c1-3-15(2)7-9(15)13(19)18-12(14(20)21)8-4-5-10(16)11(17)6-8/h4-6,9,12H,3,7H2,1-2H3,(H,18,19)(H,20,21). The van der Waals surface area contributed by atoms with Crippen molar-refractivity contribution in [2.24, 2.45) is 11.3 Å². The average molecular weight is 314 g/mol. The van der Waals surface area contributed by atoms with Crippen LogP contribution in [0.4, 0.5) is 4.39 Å². The summed E-state index contributed by atoms with van der Waals surface area (Å²) in [6.07, 6.45) is 1.61. The quantitative estimate of drug-likeness (QED) is 0.877. The topological polar surface area (TPSA) is 66.4 Å². The first kappa shape index (κ1) is 15.8. The first-order valence-corrected chi connectivity index (χ1v) is 7.14. The average Bonchev–Trinajstić information content (AvgIpc) is 3.12. The Hall–Kier alpha value is -1.62.